The molecule has 0 heterocycles. The zero-order valence-corrected chi connectivity index (χ0v) is 15.1. The van der Waals surface area contributed by atoms with Crippen LogP contribution in [0.1, 0.15) is 38.2 Å². The summed E-state index contributed by atoms with van der Waals surface area (Å²) in [4.78, 5) is 24.7. The zero-order valence-electron chi connectivity index (χ0n) is 15.1. The SMILES string of the molecule is CCOC(=O)C(C(=O)OCC)=C1CC(c2ccc(F)cc2)C(C#N)(C#N)C1. The number of halogens is 1. The third kappa shape index (κ3) is 3.98. The summed E-state index contributed by atoms with van der Waals surface area (Å²) in [6.45, 7) is 3.35. The molecular formula is C20H19FN2O4. The van der Waals surface area contributed by atoms with Gasteiger partial charge in [0.15, 0.2) is 5.41 Å². The second-order valence-electron chi connectivity index (χ2n) is 6.10. The number of nitriles is 2. The molecule has 7 heteroatoms. The normalized spacial score (nSPS) is 17.5. The first-order chi connectivity index (χ1) is 12.9. The lowest BCUT2D eigenvalue weighted by Crippen LogP contribution is -2.21. The molecule has 1 fully saturated rings. The van der Waals surface area contributed by atoms with Gasteiger partial charge in [0.2, 0.25) is 0 Å². The fourth-order valence-electron chi connectivity index (χ4n) is 3.28. The Morgan fingerprint density at radius 3 is 2.07 bits per heavy atom. The number of nitrogens with zero attached hydrogens (tertiary/aromatic N) is 2. The van der Waals surface area contributed by atoms with E-state index in [-0.39, 0.29) is 31.6 Å². The van der Waals surface area contributed by atoms with Crippen LogP contribution in [0, 0.1) is 33.9 Å². The Kier molecular flexibility index (Phi) is 6.31. The summed E-state index contributed by atoms with van der Waals surface area (Å²) >= 11 is 0. The molecule has 1 unspecified atom stereocenters. The average Bonchev–Trinajstić information content (AvgIpc) is 3.03. The standard InChI is InChI=1S/C20H19FN2O4/c1-3-26-18(24)17(19(25)27-4-2)14-9-16(20(10-14,11-22)12-23)13-5-7-15(21)8-6-13/h5-8,16H,3-4,9-10H2,1-2H3. The minimum Gasteiger partial charge on any atom is -0.462 e. The second-order valence-corrected chi connectivity index (χ2v) is 6.10. The fraction of sp³-hybridized carbons (Fsp3) is 0.400. The highest BCUT2D eigenvalue weighted by Gasteiger charge is 2.49. The molecule has 1 aromatic carbocycles. The van der Waals surface area contributed by atoms with Gasteiger partial charge < -0.3 is 9.47 Å². The second kappa shape index (κ2) is 8.46. The molecule has 27 heavy (non-hydrogen) atoms. The number of esters is 2. The number of benzene rings is 1. The number of allylic oxidation sites excluding steroid dienone is 1. The Morgan fingerprint density at radius 1 is 1.11 bits per heavy atom. The summed E-state index contributed by atoms with van der Waals surface area (Å²) in [6, 6.07) is 9.54. The highest BCUT2D eigenvalue weighted by molar-refractivity contribution is 6.14. The first kappa shape index (κ1) is 20.1. The van der Waals surface area contributed by atoms with Crippen LogP contribution in [-0.2, 0) is 19.1 Å². The zero-order chi connectivity index (χ0) is 20.0. The van der Waals surface area contributed by atoms with E-state index in [1.807, 2.05) is 12.1 Å². The van der Waals surface area contributed by atoms with Crippen LogP contribution in [0.3, 0.4) is 0 Å². The smallest absolute Gasteiger partial charge is 0.345 e. The van der Waals surface area contributed by atoms with Gasteiger partial charge in [-0.1, -0.05) is 12.1 Å². The first-order valence-electron chi connectivity index (χ1n) is 8.56. The van der Waals surface area contributed by atoms with Crippen LogP contribution in [0.15, 0.2) is 35.4 Å². The maximum atomic E-state index is 13.3. The third-order valence-corrected chi connectivity index (χ3v) is 4.52. The van der Waals surface area contributed by atoms with Gasteiger partial charge in [0, 0.05) is 12.3 Å². The van der Waals surface area contributed by atoms with Crippen LogP contribution >= 0.6 is 0 Å². The van der Waals surface area contributed by atoms with Crippen LogP contribution in [-0.4, -0.2) is 25.2 Å². The molecule has 6 nitrogen and oxygen atoms in total. The first-order valence-corrected chi connectivity index (χ1v) is 8.56. The van der Waals surface area contributed by atoms with Crippen molar-refractivity contribution in [1.82, 2.24) is 0 Å². The molecule has 2 rings (SSSR count). The topological polar surface area (TPSA) is 100 Å². The fourth-order valence-corrected chi connectivity index (χ4v) is 3.28. The van der Waals surface area contributed by atoms with Gasteiger partial charge in [0.25, 0.3) is 0 Å². The van der Waals surface area contributed by atoms with E-state index in [9.17, 15) is 24.5 Å². The van der Waals surface area contributed by atoms with Crippen molar-refractivity contribution in [1.29, 1.82) is 10.5 Å². The quantitative estimate of drug-likeness (QED) is 0.342. The monoisotopic (exact) mass is 370 g/mol. The number of carbonyl (C=O) groups excluding carboxylic acids is 2. The van der Waals surface area contributed by atoms with E-state index in [2.05, 4.69) is 0 Å². The van der Waals surface area contributed by atoms with Gasteiger partial charge in [-0.3, -0.25) is 0 Å². The van der Waals surface area contributed by atoms with Crippen molar-refractivity contribution in [3.8, 4) is 12.1 Å². The molecule has 0 bridgehead atoms. The van der Waals surface area contributed by atoms with E-state index in [0.717, 1.165) is 0 Å². The van der Waals surface area contributed by atoms with Crippen LogP contribution in [0.25, 0.3) is 0 Å². The highest BCUT2D eigenvalue weighted by Crippen LogP contribution is 2.52. The van der Waals surface area contributed by atoms with Crippen molar-refractivity contribution in [3.05, 3.63) is 46.8 Å². The van der Waals surface area contributed by atoms with Gasteiger partial charge in [-0.05, 0) is 43.5 Å². The molecule has 140 valence electrons. The van der Waals surface area contributed by atoms with Gasteiger partial charge in [-0.15, -0.1) is 0 Å². The molecule has 1 saturated carbocycles. The van der Waals surface area contributed by atoms with E-state index in [4.69, 9.17) is 9.47 Å². The predicted octanol–water partition coefficient (Wildman–Crippen LogP) is 3.16. The Hall–Kier alpha value is -3.19. The van der Waals surface area contributed by atoms with Crippen LogP contribution in [0.5, 0.6) is 0 Å². The molecule has 0 radical (unpaired) electrons. The molecule has 0 aromatic heterocycles. The highest BCUT2D eigenvalue weighted by atomic mass is 19.1. The van der Waals surface area contributed by atoms with Crippen LogP contribution in [0.2, 0.25) is 0 Å². The molecule has 1 aromatic rings. The minimum absolute atomic E-state index is 0.0675. The minimum atomic E-state index is -1.47. The molecule has 1 aliphatic rings. The van der Waals surface area contributed by atoms with Crippen LogP contribution in [0.4, 0.5) is 4.39 Å². The van der Waals surface area contributed by atoms with Crippen molar-refractivity contribution in [2.75, 3.05) is 13.2 Å². The summed E-state index contributed by atoms with van der Waals surface area (Å²) in [7, 11) is 0. The number of ether oxygens (including phenoxy) is 2. The maximum Gasteiger partial charge on any atom is 0.345 e. The third-order valence-electron chi connectivity index (χ3n) is 4.52. The van der Waals surface area contributed by atoms with E-state index in [1.165, 1.54) is 24.3 Å². The van der Waals surface area contributed by atoms with Crippen molar-refractivity contribution < 1.29 is 23.5 Å². The van der Waals surface area contributed by atoms with Gasteiger partial charge in [0.1, 0.15) is 11.4 Å². The van der Waals surface area contributed by atoms with Crippen LogP contribution < -0.4 is 0 Å². The van der Waals surface area contributed by atoms with Crippen molar-refractivity contribution in [2.45, 2.75) is 32.6 Å². The van der Waals surface area contributed by atoms with Gasteiger partial charge in [-0.25, -0.2) is 14.0 Å². The van der Waals surface area contributed by atoms with E-state index >= 15 is 0 Å². The summed E-state index contributed by atoms with van der Waals surface area (Å²) in [5, 5.41) is 19.4. The Labute approximate surface area is 156 Å². The van der Waals surface area contributed by atoms with Gasteiger partial charge >= 0.3 is 11.9 Å². The van der Waals surface area contributed by atoms with E-state index < -0.39 is 29.1 Å². The molecular weight excluding hydrogens is 351 g/mol. The average molecular weight is 370 g/mol. The Bertz CT molecular complexity index is 812. The van der Waals surface area contributed by atoms with E-state index in [1.54, 1.807) is 13.8 Å². The number of carbonyl (C=O) groups is 2. The Morgan fingerprint density at radius 2 is 1.63 bits per heavy atom. The predicted molar refractivity (Wildman–Crippen MR) is 92.3 cm³/mol. The van der Waals surface area contributed by atoms with Crippen molar-refractivity contribution in [3.63, 3.8) is 0 Å². The lowest BCUT2D eigenvalue weighted by Gasteiger charge is -2.20. The molecule has 1 atom stereocenters. The van der Waals surface area contributed by atoms with Gasteiger partial charge in [0.05, 0.1) is 25.4 Å². The summed E-state index contributed by atoms with van der Waals surface area (Å²) in [5.74, 6) is -2.72. The lowest BCUT2D eigenvalue weighted by molar-refractivity contribution is -0.146. The molecule has 0 aliphatic heterocycles. The summed E-state index contributed by atoms with van der Waals surface area (Å²) in [5.41, 5.74) is -0.818. The van der Waals surface area contributed by atoms with Crippen molar-refractivity contribution in [2.24, 2.45) is 5.41 Å². The summed E-state index contributed by atoms with van der Waals surface area (Å²) in [6.07, 6.45) is 0.0364. The molecule has 0 spiro atoms. The summed E-state index contributed by atoms with van der Waals surface area (Å²) < 4.78 is 23.2. The number of hydrogen-bond acceptors (Lipinski definition) is 6. The van der Waals surface area contributed by atoms with Crippen molar-refractivity contribution >= 4 is 11.9 Å². The number of rotatable bonds is 5. The molecule has 0 amide bonds. The lowest BCUT2D eigenvalue weighted by atomic mass is 9.77. The molecule has 0 N–H and O–H groups in total. The molecule has 1 aliphatic carbocycles. The van der Waals surface area contributed by atoms with Gasteiger partial charge in [-0.2, -0.15) is 10.5 Å². The largest absolute Gasteiger partial charge is 0.462 e. The maximum absolute atomic E-state index is 13.3. The van der Waals surface area contributed by atoms with E-state index in [0.29, 0.717) is 11.1 Å². The number of hydrogen-bond donors (Lipinski definition) is 0. The Balaban J connectivity index is 2.56. The molecule has 0 saturated heterocycles.